The average molecular weight is 282 g/mol. The first kappa shape index (κ1) is 14.4. The van der Waals surface area contributed by atoms with Crippen molar-refractivity contribution in [3.05, 3.63) is 29.8 Å². The number of methoxy groups -OCH3 is 1. The van der Waals surface area contributed by atoms with Crippen LogP contribution in [0.25, 0.3) is 11.5 Å². The third kappa shape index (κ3) is 3.75. The predicted molar refractivity (Wildman–Crippen MR) is 67.8 cm³/mol. The molecule has 2 rings (SSSR count). The summed E-state index contributed by atoms with van der Waals surface area (Å²) in [7, 11) is 1.60. The number of hydrogen-bond donors (Lipinski definition) is 1. The van der Waals surface area contributed by atoms with Crippen LogP contribution in [0.2, 0.25) is 0 Å². The molecule has 1 heterocycles. The molecule has 0 amide bonds. The molecule has 1 aromatic carbocycles. The van der Waals surface area contributed by atoms with Gasteiger partial charge in [-0.05, 0) is 12.1 Å². The molecule has 0 radical (unpaired) electrons. The first-order chi connectivity index (χ1) is 9.70. The minimum absolute atomic E-state index is 0.148. The first-order valence-corrected chi connectivity index (χ1v) is 6.09. The van der Waals surface area contributed by atoms with E-state index in [2.05, 4.69) is 10.1 Å². The van der Waals surface area contributed by atoms with Gasteiger partial charge in [0.05, 0.1) is 25.4 Å². The highest BCUT2D eigenvalue weighted by Crippen LogP contribution is 2.28. The summed E-state index contributed by atoms with van der Waals surface area (Å²) in [5, 5.41) is 13.4. The Morgan fingerprint density at radius 2 is 2.15 bits per heavy atom. The van der Waals surface area contributed by atoms with Crippen LogP contribution in [0.4, 0.5) is 4.39 Å². The van der Waals surface area contributed by atoms with Crippen molar-refractivity contribution in [1.29, 1.82) is 0 Å². The number of aromatic hydroxyl groups is 1. The molecule has 0 unspecified atom stereocenters. The van der Waals surface area contributed by atoms with E-state index >= 15 is 0 Å². The van der Waals surface area contributed by atoms with Gasteiger partial charge < -0.3 is 19.1 Å². The lowest BCUT2D eigenvalue weighted by Gasteiger charge is -2.00. The zero-order chi connectivity index (χ0) is 14.4. The van der Waals surface area contributed by atoms with Crippen molar-refractivity contribution in [2.45, 2.75) is 6.42 Å². The van der Waals surface area contributed by atoms with Gasteiger partial charge in [-0.3, -0.25) is 0 Å². The fourth-order valence-electron chi connectivity index (χ4n) is 1.56. The minimum Gasteiger partial charge on any atom is -0.507 e. The highest BCUT2D eigenvalue weighted by molar-refractivity contribution is 5.61. The first-order valence-electron chi connectivity index (χ1n) is 6.09. The second-order valence-electron chi connectivity index (χ2n) is 4.03. The van der Waals surface area contributed by atoms with Crippen LogP contribution in [0, 0.1) is 5.82 Å². The Kier molecular flexibility index (Phi) is 5.03. The molecule has 6 nitrogen and oxygen atoms in total. The largest absolute Gasteiger partial charge is 0.507 e. The van der Waals surface area contributed by atoms with Gasteiger partial charge in [0.25, 0.3) is 5.89 Å². The van der Waals surface area contributed by atoms with E-state index in [1.165, 1.54) is 12.1 Å². The van der Waals surface area contributed by atoms with Crippen molar-refractivity contribution in [2.75, 3.05) is 26.9 Å². The van der Waals surface area contributed by atoms with Crippen LogP contribution in [0.15, 0.2) is 22.7 Å². The topological polar surface area (TPSA) is 77.6 Å². The van der Waals surface area contributed by atoms with Crippen LogP contribution in [-0.4, -0.2) is 42.2 Å². The Hall–Kier alpha value is -1.99. The van der Waals surface area contributed by atoms with E-state index in [0.717, 1.165) is 6.07 Å². The fourth-order valence-corrected chi connectivity index (χ4v) is 1.56. The minimum atomic E-state index is -0.530. The van der Waals surface area contributed by atoms with Gasteiger partial charge in [-0.15, -0.1) is 0 Å². The van der Waals surface area contributed by atoms with Crippen molar-refractivity contribution in [3.63, 3.8) is 0 Å². The van der Waals surface area contributed by atoms with Crippen LogP contribution in [0.1, 0.15) is 5.82 Å². The van der Waals surface area contributed by atoms with Gasteiger partial charge in [0.1, 0.15) is 11.6 Å². The highest BCUT2D eigenvalue weighted by Gasteiger charge is 2.13. The maximum Gasteiger partial charge on any atom is 0.261 e. The third-order valence-corrected chi connectivity index (χ3v) is 2.56. The second-order valence-corrected chi connectivity index (χ2v) is 4.03. The van der Waals surface area contributed by atoms with E-state index < -0.39 is 5.82 Å². The van der Waals surface area contributed by atoms with E-state index in [-0.39, 0.29) is 11.6 Å². The number of rotatable bonds is 7. The second kappa shape index (κ2) is 6.97. The van der Waals surface area contributed by atoms with Crippen LogP contribution < -0.4 is 0 Å². The third-order valence-electron chi connectivity index (χ3n) is 2.56. The molecule has 0 saturated heterocycles. The molecule has 20 heavy (non-hydrogen) atoms. The molecule has 0 atom stereocenters. The van der Waals surface area contributed by atoms with Crippen molar-refractivity contribution in [2.24, 2.45) is 0 Å². The normalized spacial score (nSPS) is 10.9. The summed E-state index contributed by atoms with van der Waals surface area (Å²) < 4.78 is 28.0. The maximum atomic E-state index is 12.9. The molecule has 1 aromatic heterocycles. The molecule has 108 valence electrons. The van der Waals surface area contributed by atoms with Gasteiger partial charge >= 0.3 is 0 Å². The van der Waals surface area contributed by atoms with Crippen molar-refractivity contribution in [1.82, 2.24) is 10.1 Å². The standard InChI is InChI=1S/C13H15FN2O4/c1-18-6-7-19-5-4-12-15-13(20-16-12)10-3-2-9(14)8-11(10)17/h2-3,8,17H,4-7H2,1H3. The molecule has 2 aromatic rings. The lowest BCUT2D eigenvalue weighted by Crippen LogP contribution is -2.05. The average Bonchev–Trinajstić information content (AvgIpc) is 2.87. The molecule has 0 fully saturated rings. The molecule has 0 aliphatic heterocycles. The molecular weight excluding hydrogens is 267 g/mol. The Labute approximate surface area is 115 Å². The van der Waals surface area contributed by atoms with Crippen molar-refractivity contribution < 1.29 is 23.5 Å². The van der Waals surface area contributed by atoms with Crippen LogP contribution in [-0.2, 0) is 15.9 Å². The Morgan fingerprint density at radius 3 is 2.90 bits per heavy atom. The van der Waals surface area contributed by atoms with Crippen LogP contribution >= 0.6 is 0 Å². The van der Waals surface area contributed by atoms with Gasteiger partial charge in [-0.1, -0.05) is 5.16 Å². The molecular formula is C13H15FN2O4. The quantitative estimate of drug-likeness (QED) is 0.780. The number of benzene rings is 1. The van der Waals surface area contributed by atoms with Gasteiger partial charge in [0, 0.05) is 19.6 Å². The van der Waals surface area contributed by atoms with Crippen LogP contribution in [0.5, 0.6) is 5.75 Å². The van der Waals surface area contributed by atoms with E-state index in [1.54, 1.807) is 7.11 Å². The molecule has 0 aliphatic carbocycles. The summed E-state index contributed by atoms with van der Waals surface area (Å²) in [4.78, 5) is 4.12. The zero-order valence-electron chi connectivity index (χ0n) is 11.0. The number of aromatic nitrogens is 2. The summed E-state index contributed by atoms with van der Waals surface area (Å²) in [6, 6.07) is 3.59. The molecule has 1 N–H and O–H groups in total. The van der Waals surface area contributed by atoms with Crippen LogP contribution in [0.3, 0.4) is 0 Å². The zero-order valence-corrected chi connectivity index (χ0v) is 11.0. The summed E-state index contributed by atoms with van der Waals surface area (Å²) in [5.41, 5.74) is 0.297. The molecule has 0 aliphatic rings. The Balaban J connectivity index is 1.95. The molecule has 0 saturated carbocycles. The van der Waals surface area contributed by atoms with Crippen molar-refractivity contribution in [3.8, 4) is 17.2 Å². The number of phenolic OH excluding ortho intramolecular Hbond substituents is 1. The highest BCUT2D eigenvalue weighted by atomic mass is 19.1. The molecule has 7 heteroatoms. The summed E-state index contributed by atoms with van der Waals surface area (Å²) in [5.74, 6) is -0.162. The van der Waals surface area contributed by atoms with Gasteiger partial charge in [-0.2, -0.15) is 4.98 Å². The maximum absolute atomic E-state index is 12.9. The van der Waals surface area contributed by atoms with E-state index in [0.29, 0.717) is 37.6 Å². The van der Waals surface area contributed by atoms with Gasteiger partial charge in [-0.25, -0.2) is 4.39 Å². The lowest BCUT2D eigenvalue weighted by molar-refractivity contribution is 0.0714. The lowest BCUT2D eigenvalue weighted by atomic mass is 10.2. The van der Waals surface area contributed by atoms with E-state index in [4.69, 9.17) is 14.0 Å². The number of nitrogens with zero attached hydrogens (tertiary/aromatic N) is 2. The number of ether oxygens (including phenoxy) is 2. The predicted octanol–water partition coefficient (Wildman–Crippen LogP) is 1.79. The van der Waals surface area contributed by atoms with Crippen molar-refractivity contribution >= 4 is 0 Å². The fraction of sp³-hybridized carbons (Fsp3) is 0.385. The summed E-state index contributed by atoms with van der Waals surface area (Å²) >= 11 is 0. The summed E-state index contributed by atoms with van der Waals surface area (Å²) in [6.45, 7) is 1.47. The van der Waals surface area contributed by atoms with Gasteiger partial charge in [0.2, 0.25) is 0 Å². The van der Waals surface area contributed by atoms with E-state index in [1.807, 2.05) is 0 Å². The number of hydrogen-bond acceptors (Lipinski definition) is 6. The summed E-state index contributed by atoms with van der Waals surface area (Å²) in [6.07, 6.45) is 0.481. The SMILES string of the molecule is COCCOCCc1noc(-c2ccc(F)cc2O)n1. The molecule has 0 spiro atoms. The smallest absolute Gasteiger partial charge is 0.261 e. The number of phenols is 1. The Bertz CT molecular complexity index is 559. The van der Waals surface area contributed by atoms with Gasteiger partial charge in [0.15, 0.2) is 5.82 Å². The number of halogens is 1. The van der Waals surface area contributed by atoms with E-state index in [9.17, 15) is 9.50 Å². The monoisotopic (exact) mass is 282 g/mol. The Morgan fingerprint density at radius 1 is 1.30 bits per heavy atom. The molecule has 0 bridgehead atoms.